The highest BCUT2D eigenvalue weighted by Crippen LogP contribution is 2.13. The molecule has 0 aliphatic carbocycles. The van der Waals surface area contributed by atoms with Gasteiger partial charge in [-0.25, -0.2) is 0 Å². The van der Waals surface area contributed by atoms with Gasteiger partial charge in [0, 0.05) is 13.0 Å². The molecule has 0 aromatic heterocycles. The van der Waals surface area contributed by atoms with Crippen molar-refractivity contribution in [2.75, 3.05) is 13.1 Å². The summed E-state index contributed by atoms with van der Waals surface area (Å²) in [5.41, 5.74) is 5.60. The van der Waals surface area contributed by atoms with Crippen LogP contribution in [0.15, 0.2) is 0 Å². The Morgan fingerprint density at radius 1 is 1.40 bits per heavy atom. The number of aliphatic hydroxyl groups is 1. The summed E-state index contributed by atoms with van der Waals surface area (Å²) in [6, 6.07) is 0. The SMILES string of the molecule is CC(C)C[C@H](CN)CC(=O)NC[C@H](C)O. The largest absolute Gasteiger partial charge is 0.392 e. The van der Waals surface area contributed by atoms with Crippen LogP contribution in [0.2, 0.25) is 0 Å². The van der Waals surface area contributed by atoms with Crippen molar-refractivity contribution >= 4 is 5.91 Å². The van der Waals surface area contributed by atoms with Gasteiger partial charge in [-0.15, -0.1) is 0 Å². The summed E-state index contributed by atoms with van der Waals surface area (Å²) in [5, 5.41) is 11.7. The first-order valence-corrected chi connectivity index (χ1v) is 5.60. The lowest BCUT2D eigenvalue weighted by molar-refractivity contribution is -0.122. The van der Waals surface area contributed by atoms with E-state index < -0.39 is 6.10 Å². The van der Waals surface area contributed by atoms with E-state index in [1.165, 1.54) is 0 Å². The van der Waals surface area contributed by atoms with Gasteiger partial charge in [0.05, 0.1) is 6.10 Å². The van der Waals surface area contributed by atoms with Gasteiger partial charge in [0.25, 0.3) is 0 Å². The van der Waals surface area contributed by atoms with Crippen LogP contribution in [0.1, 0.15) is 33.6 Å². The lowest BCUT2D eigenvalue weighted by Crippen LogP contribution is -2.33. The maximum atomic E-state index is 11.4. The zero-order valence-corrected chi connectivity index (χ0v) is 9.99. The van der Waals surface area contributed by atoms with E-state index in [4.69, 9.17) is 10.8 Å². The number of hydrogen-bond donors (Lipinski definition) is 3. The molecule has 0 aliphatic rings. The van der Waals surface area contributed by atoms with E-state index in [9.17, 15) is 4.79 Å². The van der Waals surface area contributed by atoms with Gasteiger partial charge in [-0.3, -0.25) is 4.79 Å². The van der Waals surface area contributed by atoms with E-state index in [1.54, 1.807) is 6.92 Å². The number of carbonyl (C=O) groups excluding carboxylic acids is 1. The number of nitrogens with two attached hydrogens (primary N) is 1. The lowest BCUT2D eigenvalue weighted by Gasteiger charge is -2.16. The minimum Gasteiger partial charge on any atom is -0.392 e. The minimum atomic E-state index is -0.490. The van der Waals surface area contributed by atoms with Gasteiger partial charge in [0.1, 0.15) is 0 Å². The number of amides is 1. The molecule has 0 aliphatic heterocycles. The van der Waals surface area contributed by atoms with Crippen molar-refractivity contribution in [3.8, 4) is 0 Å². The zero-order valence-electron chi connectivity index (χ0n) is 9.99. The van der Waals surface area contributed by atoms with E-state index in [-0.39, 0.29) is 11.8 Å². The van der Waals surface area contributed by atoms with E-state index in [1.807, 2.05) is 0 Å². The lowest BCUT2D eigenvalue weighted by atomic mass is 9.94. The van der Waals surface area contributed by atoms with Gasteiger partial charge in [-0.2, -0.15) is 0 Å². The molecule has 15 heavy (non-hydrogen) atoms. The monoisotopic (exact) mass is 216 g/mol. The Kier molecular flexibility index (Phi) is 7.34. The Labute approximate surface area is 92.2 Å². The number of nitrogens with one attached hydrogen (secondary N) is 1. The van der Waals surface area contributed by atoms with Crippen molar-refractivity contribution in [2.45, 2.75) is 39.7 Å². The third-order valence-electron chi connectivity index (χ3n) is 2.21. The third kappa shape index (κ3) is 8.39. The molecule has 4 heteroatoms. The number of carbonyl (C=O) groups is 1. The van der Waals surface area contributed by atoms with E-state index in [2.05, 4.69) is 19.2 Å². The highest BCUT2D eigenvalue weighted by atomic mass is 16.3. The van der Waals surface area contributed by atoms with Crippen LogP contribution < -0.4 is 11.1 Å². The van der Waals surface area contributed by atoms with Crippen LogP contribution in [0.25, 0.3) is 0 Å². The fourth-order valence-corrected chi connectivity index (χ4v) is 1.53. The normalized spacial score (nSPS) is 15.1. The van der Waals surface area contributed by atoms with Crippen LogP contribution in [-0.2, 0) is 4.79 Å². The molecule has 0 saturated heterocycles. The second-order valence-corrected chi connectivity index (χ2v) is 4.59. The molecule has 0 unspecified atom stereocenters. The summed E-state index contributed by atoms with van der Waals surface area (Å²) in [6.07, 6.45) is 0.940. The fourth-order valence-electron chi connectivity index (χ4n) is 1.53. The Morgan fingerprint density at radius 3 is 2.40 bits per heavy atom. The molecule has 1 amide bonds. The van der Waals surface area contributed by atoms with Gasteiger partial charge in [0.15, 0.2) is 0 Å². The molecule has 0 aromatic carbocycles. The average Bonchev–Trinajstić information content (AvgIpc) is 2.13. The first-order chi connectivity index (χ1) is 6.95. The maximum Gasteiger partial charge on any atom is 0.220 e. The van der Waals surface area contributed by atoms with Gasteiger partial charge in [0.2, 0.25) is 5.91 Å². The molecule has 4 nitrogen and oxygen atoms in total. The number of aliphatic hydroxyl groups excluding tert-OH is 1. The fraction of sp³-hybridized carbons (Fsp3) is 0.909. The van der Waals surface area contributed by atoms with Crippen molar-refractivity contribution in [1.29, 1.82) is 0 Å². The second-order valence-electron chi connectivity index (χ2n) is 4.59. The predicted octanol–water partition coefficient (Wildman–Crippen LogP) is 0.495. The van der Waals surface area contributed by atoms with Gasteiger partial charge >= 0.3 is 0 Å². The van der Waals surface area contributed by atoms with E-state index in [0.717, 1.165) is 6.42 Å². The van der Waals surface area contributed by atoms with Crippen LogP contribution in [0.5, 0.6) is 0 Å². The first-order valence-electron chi connectivity index (χ1n) is 5.60. The zero-order chi connectivity index (χ0) is 11.8. The van der Waals surface area contributed by atoms with Crippen molar-refractivity contribution < 1.29 is 9.90 Å². The predicted molar refractivity (Wildman–Crippen MR) is 61.3 cm³/mol. The Morgan fingerprint density at radius 2 is 2.00 bits per heavy atom. The topological polar surface area (TPSA) is 75.4 Å². The van der Waals surface area contributed by atoms with E-state index in [0.29, 0.717) is 25.4 Å². The molecule has 0 aromatic rings. The third-order valence-corrected chi connectivity index (χ3v) is 2.21. The summed E-state index contributed by atoms with van der Waals surface area (Å²) < 4.78 is 0. The summed E-state index contributed by atoms with van der Waals surface area (Å²) >= 11 is 0. The quantitative estimate of drug-likeness (QED) is 0.580. The average molecular weight is 216 g/mol. The van der Waals surface area contributed by atoms with Crippen LogP contribution in [0, 0.1) is 11.8 Å². The number of hydrogen-bond acceptors (Lipinski definition) is 3. The van der Waals surface area contributed by atoms with Crippen LogP contribution in [0.4, 0.5) is 0 Å². The molecule has 0 bridgehead atoms. The molecule has 90 valence electrons. The standard InChI is InChI=1S/C11H24N2O2/c1-8(2)4-10(6-12)5-11(15)13-7-9(3)14/h8-10,14H,4-7,12H2,1-3H3,(H,13,15)/t9-,10-/m0/s1. The Hall–Kier alpha value is -0.610. The van der Waals surface area contributed by atoms with Crippen molar-refractivity contribution in [2.24, 2.45) is 17.6 Å². The molecule has 0 fully saturated rings. The second kappa shape index (κ2) is 7.65. The van der Waals surface area contributed by atoms with Crippen molar-refractivity contribution in [3.05, 3.63) is 0 Å². The van der Waals surface area contributed by atoms with Gasteiger partial charge < -0.3 is 16.2 Å². The van der Waals surface area contributed by atoms with Crippen molar-refractivity contribution in [1.82, 2.24) is 5.32 Å². The number of rotatable bonds is 7. The molecule has 4 N–H and O–H groups in total. The molecule has 0 spiro atoms. The van der Waals surface area contributed by atoms with Gasteiger partial charge in [-0.05, 0) is 31.7 Å². The molecule has 2 atom stereocenters. The molecular formula is C11H24N2O2. The van der Waals surface area contributed by atoms with Crippen LogP contribution >= 0.6 is 0 Å². The molecule has 0 saturated carbocycles. The highest BCUT2D eigenvalue weighted by Gasteiger charge is 2.13. The molecule has 0 rings (SSSR count). The molecular weight excluding hydrogens is 192 g/mol. The Balaban J connectivity index is 3.80. The molecule has 0 heterocycles. The summed E-state index contributed by atoms with van der Waals surface area (Å²) in [5.74, 6) is 0.786. The Bertz CT molecular complexity index is 181. The minimum absolute atomic E-state index is 0.0213. The van der Waals surface area contributed by atoms with Crippen LogP contribution in [-0.4, -0.2) is 30.2 Å². The van der Waals surface area contributed by atoms with Gasteiger partial charge in [-0.1, -0.05) is 13.8 Å². The first kappa shape index (κ1) is 14.4. The van der Waals surface area contributed by atoms with Crippen molar-refractivity contribution in [3.63, 3.8) is 0 Å². The van der Waals surface area contributed by atoms with Crippen LogP contribution in [0.3, 0.4) is 0 Å². The summed E-state index contributed by atoms with van der Waals surface area (Å²) in [6.45, 7) is 6.75. The van der Waals surface area contributed by atoms with E-state index >= 15 is 0 Å². The summed E-state index contributed by atoms with van der Waals surface area (Å²) in [7, 11) is 0. The molecule has 0 radical (unpaired) electrons. The summed E-state index contributed by atoms with van der Waals surface area (Å²) in [4.78, 5) is 11.4. The highest BCUT2D eigenvalue weighted by molar-refractivity contribution is 5.76. The smallest absolute Gasteiger partial charge is 0.220 e. The maximum absolute atomic E-state index is 11.4.